The van der Waals surface area contributed by atoms with Crippen LogP contribution in [0, 0.1) is 6.92 Å². The highest BCUT2D eigenvalue weighted by Gasteiger charge is 2.23. The minimum absolute atomic E-state index is 0.132. The van der Waals surface area contributed by atoms with Crippen molar-refractivity contribution in [1.29, 1.82) is 0 Å². The van der Waals surface area contributed by atoms with Crippen LogP contribution in [0.4, 0.5) is 0 Å². The Labute approximate surface area is 72.0 Å². The Morgan fingerprint density at radius 3 is 2.92 bits per heavy atom. The van der Waals surface area contributed by atoms with Gasteiger partial charge in [-0.15, -0.1) is 0 Å². The summed E-state index contributed by atoms with van der Waals surface area (Å²) in [7, 11) is 0. The van der Waals surface area contributed by atoms with Gasteiger partial charge >= 0.3 is 0 Å². The number of hydrogen-bond acceptors (Lipinski definition) is 2. The first-order chi connectivity index (χ1) is 5.70. The molecule has 12 heavy (non-hydrogen) atoms. The zero-order valence-electron chi connectivity index (χ0n) is 7.17. The largest absolute Gasteiger partial charge is 0.508 e. The molecule has 0 unspecified atom stereocenters. The molecule has 1 aromatic carbocycles. The molecule has 2 heteroatoms. The average molecular weight is 163 g/mol. The highest BCUT2D eigenvalue weighted by Crippen LogP contribution is 2.36. The lowest BCUT2D eigenvalue weighted by atomic mass is 10.0. The Balaban J connectivity index is 2.64. The Kier molecular flexibility index (Phi) is 1.58. The number of phenols is 1. The first-order valence-electron chi connectivity index (χ1n) is 4.27. The van der Waals surface area contributed by atoms with Crippen LogP contribution in [0.5, 0.6) is 5.75 Å². The molecular weight excluding hydrogens is 150 g/mol. The molecule has 0 spiro atoms. The van der Waals surface area contributed by atoms with Gasteiger partial charge in [0.1, 0.15) is 5.75 Å². The van der Waals surface area contributed by atoms with E-state index in [0.29, 0.717) is 5.75 Å². The predicted molar refractivity (Wildman–Crippen MR) is 48.1 cm³/mol. The Hall–Kier alpha value is -1.02. The van der Waals surface area contributed by atoms with E-state index in [0.717, 1.165) is 24.0 Å². The molecule has 0 amide bonds. The number of nitrogens with two attached hydrogens (primary N) is 1. The van der Waals surface area contributed by atoms with Crippen molar-refractivity contribution in [2.24, 2.45) is 5.73 Å². The lowest BCUT2D eigenvalue weighted by Crippen LogP contribution is -2.06. The van der Waals surface area contributed by atoms with Gasteiger partial charge in [-0.25, -0.2) is 0 Å². The summed E-state index contributed by atoms with van der Waals surface area (Å²) < 4.78 is 0. The van der Waals surface area contributed by atoms with E-state index in [1.54, 1.807) is 6.07 Å². The van der Waals surface area contributed by atoms with Gasteiger partial charge in [0.15, 0.2) is 0 Å². The minimum Gasteiger partial charge on any atom is -0.508 e. The first kappa shape index (κ1) is 7.62. The van der Waals surface area contributed by atoms with Gasteiger partial charge in [-0.1, -0.05) is 6.07 Å². The topological polar surface area (TPSA) is 46.2 Å². The van der Waals surface area contributed by atoms with Crippen LogP contribution in [0.2, 0.25) is 0 Å². The van der Waals surface area contributed by atoms with Gasteiger partial charge in [-0.05, 0) is 42.5 Å². The van der Waals surface area contributed by atoms with Crippen LogP contribution >= 0.6 is 0 Å². The number of fused-ring (bicyclic) bond motifs is 1. The fraction of sp³-hybridized carbons (Fsp3) is 0.400. The highest BCUT2D eigenvalue weighted by atomic mass is 16.3. The second-order valence-electron chi connectivity index (χ2n) is 3.44. The number of hydrogen-bond donors (Lipinski definition) is 2. The second kappa shape index (κ2) is 2.49. The Bertz CT molecular complexity index is 320. The quantitative estimate of drug-likeness (QED) is 0.610. The van der Waals surface area contributed by atoms with Crippen molar-refractivity contribution >= 4 is 0 Å². The van der Waals surface area contributed by atoms with Gasteiger partial charge in [-0.2, -0.15) is 0 Å². The van der Waals surface area contributed by atoms with E-state index in [1.165, 1.54) is 5.56 Å². The summed E-state index contributed by atoms with van der Waals surface area (Å²) >= 11 is 0. The molecule has 0 saturated carbocycles. The minimum atomic E-state index is 0.132. The van der Waals surface area contributed by atoms with Crippen molar-refractivity contribution in [2.75, 3.05) is 0 Å². The molecule has 0 aliphatic heterocycles. The molecule has 0 aromatic heterocycles. The molecule has 0 saturated heterocycles. The maximum Gasteiger partial charge on any atom is 0.119 e. The van der Waals surface area contributed by atoms with E-state index in [1.807, 2.05) is 13.0 Å². The summed E-state index contributed by atoms with van der Waals surface area (Å²) in [5, 5.41) is 9.52. The van der Waals surface area contributed by atoms with E-state index in [2.05, 4.69) is 0 Å². The zero-order chi connectivity index (χ0) is 8.72. The van der Waals surface area contributed by atoms with Crippen molar-refractivity contribution in [3.63, 3.8) is 0 Å². The number of rotatable bonds is 0. The van der Waals surface area contributed by atoms with E-state index in [4.69, 9.17) is 5.73 Å². The third-order valence-electron chi connectivity index (χ3n) is 2.63. The summed E-state index contributed by atoms with van der Waals surface area (Å²) in [6.07, 6.45) is 1.89. The molecule has 0 bridgehead atoms. The van der Waals surface area contributed by atoms with Crippen molar-refractivity contribution < 1.29 is 5.11 Å². The standard InChI is InChI=1S/C10H13NO/c1-6-2-5-9(12)7-3-4-8(11)10(6)7/h2,5,8,12H,3-4,11H2,1H3/t8-/m1/s1. The molecule has 1 aromatic rings. The lowest BCUT2D eigenvalue weighted by molar-refractivity contribution is 0.469. The van der Waals surface area contributed by atoms with Crippen molar-refractivity contribution in [3.05, 3.63) is 28.8 Å². The van der Waals surface area contributed by atoms with Crippen molar-refractivity contribution in [3.8, 4) is 5.75 Å². The van der Waals surface area contributed by atoms with Crippen LogP contribution in [0.25, 0.3) is 0 Å². The normalized spacial score (nSPS) is 21.0. The number of aryl methyl sites for hydroxylation is 1. The summed E-state index contributed by atoms with van der Waals surface area (Å²) in [6, 6.07) is 3.82. The predicted octanol–water partition coefficient (Wildman–Crippen LogP) is 1.65. The monoisotopic (exact) mass is 163 g/mol. The molecule has 1 atom stereocenters. The van der Waals surface area contributed by atoms with Gasteiger partial charge in [0, 0.05) is 6.04 Å². The summed E-state index contributed by atoms with van der Waals surface area (Å²) in [4.78, 5) is 0. The van der Waals surface area contributed by atoms with E-state index >= 15 is 0 Å². The molecule has 0 radical (unpaired) electrons. The third kappa shape index (κ3) is 0.916. The van der Waals surface area contributed by atoms with Crippen LogP contribution in [0.3, 0.4) is 0 Å². The molecule has 64 valence electrons. The van der Waals surface area contributed by atoms with E-state index < -0.39 is 0 Å². The third-order valence-corrected chi connectivity index (χ3v) is 2.63. The lowest BCUT2D eigenvalue weighted by Gasteiger charge is -2.09. The molecule has 0 heterocycles. The molecule has 1 aliphatic carbocycles. The summed E-state index contributed by atoms with van der Waals surface area (Å²) in [6.45, 7) is 2.05. The smallest absolute Gasteiger partial charge is 0.119 e. The number of phenolic OH excluding ortho intramolecular Hbond substituents is 1. The molecule has 0 fully saturated rings. The van der Waals surface area contributed by atoms with Gasteiger partial charge in [0.05, 0.1) is 0 Å². The molecule has 1 aliphatic rings. The molecule has 2 rings (SSSR count). The maximum absolute atomic E-state index is 9.52. The van der Waals surface area contributed by atoms with Crippen LogP contribution in [-0.2, 0) is 6.42 Å². The van der Waals surface area contributed by atoms with Crippen LogP contribution in [-0.4, -0.2) is 5.11 Å². The van der Waals surface area contributed by atoms with E-state index in [-0.39, 0.29) is 6.04 Å². The van der Waals surface area contributed by atoms with Gasteiger partial charge in [0.25, 0.3) is 0 Å². The number of benzene rings is 1. The molecule has 2 nitrogen and oxygen atoms in total. The first-order valence-corrected chi connectivity index (χ1v) is 4.27. The SMILES string of the molecule is Cc1ccc(O)c2c1[C@H](N)CC2. The Morgan fingerprint density at radius 1 is 1.50 bits per heavy atom. The zero-order valence-corrected chi connectivity index (χ0v) is 7.17. The van der Waals surface area contributed by atoms with Gasteiger partial charge in [-0.3, -0.25) is 0 Å². The fourth-order valence-electron chi connectivity index (χ4n) is 1.99. The summed E-state index contributed by atoms with van der Waals surface area (Å²) in [5.41, 5.74) is 9.33. The van der Waals surface area contributed by atoms with Gasteiger partial charge in [0.2, 0.25) is 0 Å². The van der Waals surface area contributed by atoms with Crippen LogP contribution < -0.4 is 5.73 Å². The molecule has 3 N–H and O–H groups in total. The maximum atomic E-state index is 9.52. The van der Waals surface area contributed by atoms with Crippen molar-refractivity contribution in [2.45, 2.75) is 25.8 Å². The second-order valence-corrected chi connectivity index (χ2v) is 3.44. The average Bonchev–Trinajstić information content (AvgIpc) is 2.42. The Morgan fingerprint density at radius 2 is 2.25 bits per heavy atom. The fourth-order valence-corrected chi connectivity index (χ4v) is 1.99. The van der Waals surface area contributed by atoms with Crippen LogP contribution in [0.15, 0.2) is 12.1 Å². The van der Waals surface area contributed by atoms with Crippen LogP contribution in [0.1, 0.15) is 29.2 Å². The summed E-state index contributed by atoms with van der Waals surface area (Å²) in [5.74, 6) is 0.406. The van der Waals surface area contributed by atoms with Gasteiger partial charge < -0.3 is 10.8 Å². The highest BCUT2D eigenvalue weighted by molar-refractivity contribution is 5.48. The molecular formula is C10H13NO. The van der Waals surface area contributed by atoms with E-state index in [9.17, 15) is 5.11 Å². The number of aromatic hydroxyl groups is 1. The van der Waals surface area contributed by atoms with Crippen molar-refractivity contribution in [1.82, 2.24) is 0 Å².